The molecular formula is C49H44N2OS+2. The Morgan fingerprint density at radius 1 is 0.679 bits per heavy atom. The predicted octanol–water partition coefficient (Wildman–Crippen LogP) is 11.9. The van der Waals surface area contributed by atoms with Gasteiger partial charge in [-0.1, -0.05) is 68.8 Å². The van der Waals surface area contributed by atoms with Gasteiger partial charge in [-0.05, 0) is 110 Å². The van der Waals surface area contributed by atoms with E-state index in [1.165, 1.54) is 104 Å². The van der Waals surface area contributed by atoms with Crippen LogP contribution in [0.25, 0.3) is 65.7 Å². The number of hydrogen-bond acceptors (Lipinski definition) is 2. The summed E-state index contributed by atoms with van der Waals surface area (Å²) in [6.45, 7) is 20.6. The minimum atomic E-state index is -0.325. The normalized spacial score (nSPS) is 19.5. The minimum Gasteiger partial charge on any atom is -0.454 e. The number of thiophene rings is 1. The topological polar surface area (TPSA) is 20.9 Å². The second-order valence-corrected chi connectivity index (χ2v) is 18.6. The van der Waals surface area contributed by atoms with E-state index in [9.17, 15) is 0 Å². The maximum Gasteiger partial charge on any atom is 0.269 e. The van der Waals surface area contributed by atoms with Crippen molar-refractivity contribution in [3.05, 3.63) is 141 Å². The number of rotatable bonds is 1. The lowest BCUT2D eigenvalue weighted by Crippen LogP contribution is -2.51. The fraction of sp³-hybridized carbons (Fsp3) is 0.265. The lowest BCUT2D eigenvalue weighted by molar-refractivity contribution is -0.772. The number of nitrogens with zero attached hydrogens (tertiary/aromatic N) is 2. The molecule has 3 nitrogen and oxygen atoms in total. The Morgan fingerprint density at radius 2 is 1.43 bits per heavy atom. The molecule has 0 saturated heterocycles. The Kier molecular flexibility index (Phi) is 6.01. The van der Waals surface area contributed by atoms with Crippen molar-refractivity contribution in [2.24, 2.45) is 0 Å². The number of fused-ring (bicyclic) bond motifs is 19. The van der Waals surface area contributed by atoms with Crippen LogP contribution in [0, 0.1) is 41.5 Å². The highest BCUT2D eigenvalue weighted by Gasteiger charge is 2.86. The van der Waals surface area contributed by atoms with Gasteiger partial charge in [0.15, 0.2) is 18.0 Å². The minimum absolute atomic E-state index is 0.0893. The molecule has 0 radical (unpaired) electrons. The zero-order chi connectivity index (χ0) is 36.5. The zero-order valence-electron chi connectivity index (χ0n) is 32.0. The van der Waals surface area contributed by atoms with Crippen molar-refractivity contribution in [1.82, 2.24) is 0 Å². The van der Waals surface area contributed by atoms with Gasteiger partial charge in [0, 0.05) is 38.9 Å². The lowest BCUT2D eigenvalue weighted by Gasteiger charge is -2.24. The molecule has 3 atom stereocenters. The summed E-state index contributed by atoms with van der Waals surface area (Å²) in [4.78, 5) is 1.31. The van der Waals surface area contributed by atoms with Crippen molar-refractivity contribution >= 4 is 43.4 Å². The van der Waals surface area contributed by atoms with Gasteiger partial charge in [-0.3, -0.25) is 0 Å². The summed E-state index contributed by atoms with van der Waals surface area (Å²) in [5.74, 6) is 0.266. The molecule has 6 heterocycles. The number of hydrogen-bond donors (Lipinski definition) is 0. The summed E-state index contributed by atoms with van der Waals surface area (Å²) in [7, 11) is 0. The summed E-state index contributed by atoms with van der Waals surface area (Å²) in [6, 6.07) is 30.7. The number of aryl methyl sites for hydroxylation is 6. The molecule has 4 aromatic heterocycles. The Balaban J connectivity index is 1.31. The fourth-order valence-corrected chi connectivity index (χ4v) is 11.5. The smallest absolute Gasteiger partial charge is 0.269 e. The van der Waals surface area contributed by atoms with Crippen LogP contribution in [0.3, 0.4) is 0 Å². The Bertz CT molecular complexity index is 2950. The van der Waals surface area contributed by atoms with Crippen LogP contribution in [0.5, 0.6) is 0 Å². The van der Waals surface area contributed by atoms with Gasteiger partial charge in [-0.15, -0.1) is 11.3 Å². The van der Waals surface area contributed by atoms with Gasteiger partial charge in [0.05, 0.1) is 21.4 Å². The highest BCUT2D eigenvalue weighted by molar-refractivity contribution is 7.20. The maximum absolute atomic E-state index is 7.22. The van der Waals surface area contributed by atoms with Gasteiger partial charge in [0.2, 0.25) is 17.4 Å². The lowest BCUT2D eigenvalue weighted by atomic mass is 9.80. The first-order valence-corrected chi connectivity index (χ1v) is 19.9. The van der Waals surface area contributed by atoms with Gasteiger partial charge in [0.1, 0.15) is 11.5 Å². The molecule has 1 spiro atoms. The first-order valence-electron chi connectivity index (χ1n) is 19.1. The molecule has 4 aromatic carbocycles. The van der Waals surface area contributed by atoms with Crippen LogP contribution in [0.1, 0.15) is 82.1 Å². The number of benzene rings is 4. The van der Waals surface area contributed by atoms with Gasteiger partial charge in [0.25, 0.3) is 5.54 Å². The largest absolute Gasteiger partial charge is 0.454 e. The quantitative estimate of drug-likeness (QED) is 0.156. The van der Waals surface area contributed by atoms with Crippen LogP contribution >= 0.6 is 11.3 Å². The average molecular weight is 709 g/mol. The maximum atomic E-state index is 7.22. The molecule has 11 rings (SSSR count). The van der Waals surface area contributed by atoms with E-state index in [0.717, 1.165) is 11.2 Å². The summed E-state index contributed by atoms with van der Waals surface area (Å²) in [6.07, 6.45) is 4.99. The summed E-state index contributed by atoms with van der Waals surface area (Å²) in [5.41, 5.74) is 20.3. The van der Waals surface area contributed by atoms with Crippen LogP contribution < -0.4 is 9.13 Å². The number of furan rings is 1. The molecular weight excluding hydrogens is 665 g/mol. The molecule has 4 heteroatoms. The van der Waals surface area contributed by atoms with Crippen LogP contribution in [0.4, 0.5) is 0 Å². The molecule has 3 unspecified atom stereocenters. The molecule has 260 valence electrons. The highest BCUT2D eigenvalue weighted by Crippen LogP contribution is 2.71. The molecule has 3 aliphatic rings. The molecule has 53 heavy (non-hydrogen) atoms. The van der Waals surface area contributed by atoms with Gasteiger partial charge in [-0.2, -0.15) is 9.13 Å². The molecule has 1 saturated carbocycles. The monoisotopic (exact) mass is 708 g/mol. The Hall–Kier alpha value is -5.06. The van der Waals surface area contributed by atoms with E-state index in [1.54, 1.807) is 0 Å². The van der Waals surface area contributed by atoms with Crippen molar-refractivity contribution in [3.63, 3.8) is 0 Å². The van der Waals surface area contributed by atoms with E-state index in [2.05, 4.69) is 163 Å². The van der Waals surface area contributed by atoms with E-state index >= 15 is 0 Å². The molecule has 8 aromatic rings. The highest BCUT2D eigenvalue weighted by atomic mass is 32.1. The van der Waals surface area contributed by atoms with Crippen LogP contribution in [0.15, 0.2) is 95.7 Å². The second-order valence-electron chi connectivity index (χ2n) is 17.3. The molecule has 0 bridgehead atoms. The van der Waals surface area contributed by atoms with Crippen molar-refractivity contribution in [3.8, 4) is 33.6 Å². The van der Waals surface area contributed by atoms with Gasteiger partial charge < -0.3 is 4.42 Å². The standard InChI is InChI=1S/C49H44N2OS/c1-25-13-15-32-35(19-25)43-47(50-23-29(5)28(4)20-39(32)50)49(43)37-18-17-33-34-16-14-31-21-30(6)53-46(31)45(34)52-44(33)42(37)40-22-38(48(7,8)9)36(24-51(40)49)41-26(2)11-10-12-27(41)3/h10-24,43,47H,1-9H3/q+2. The van der Waals surface area contributed by atoms with E-state index in [1.807, 2.05) is 11.3 Å². The summed E-state index contributed by atoms with van der Waals surface area (Å²) >= 11 is 1.84. The van der Waals surface area contributed by atoms with Crippen molar-refractivity contribution in [1.29, 1.82) is 0 Å². The number of aromatic nitrogens is 2. The molecule has 1 aliphatic carbocycles. The van der Waals surface area contributed by atoms with Crippen LogP contribution in [0.2, 0.25) is 0 Å². The fourth-order valence-electron chi connectivity index (χ4n) is 10.5. The molecule has 0 amide bonds. The van der Waals surface area contributed by atoms with Crippen LogP contribution in [-0.4, -0.2) is 0 Å². The van der Waals surface area contributed by atoms with Gasteiger partial charge in [-0.25, -0.2) is 0 Å². The van der Waals surface area contributed by atoms with E-state index < -0.39 is 0 Å². The SMILES string of the molecule is Cc1ccc2c(c1)C1C([n+]3cc(C)c(C)cc3-2)C12c1ccc3c(oc4c3ccc3cc(C)sc34)c1-c1cc(C(C)(C)C)c(-c3c(C)cccc3C)c[n+]12. The van der Waals surface area contributed by atoms with E-state index in [-0.39, 0.29) is 22.9 Å². The second kappa shape index (κ2) is 10.1. The third kappa shape index (κ3) is 3.90. The number of pyridine rings is 2. The van der Waals surface area contributed by atoms with E-state index in [0.29, 0.717) is 0 Å². The third-order valence-electron chi connectivity index (χ3n) is 13.0. The van der Waals surface area contributed by atoms with Gasteiger partial charge >= 0.3 is 0 Å². The van der Waals surface area contributed by atoms with Crippen LogP contribution in [-0.2, 0) is 11.0 Å². The zero-order valence-corrected chi connectivity index (χ0v) is 32.8. The Morgan fingerprint density at radius 3 is 2.21 bits per heavy atom. The first-order chi connectivity index (χ1) is 25.4. The van der Waals surface area contributed by atoms with E-state index in [4.69, 9.17) is 4.42 Å². The molecule has 2 aliphatic heterocycles. The summed E-state index contributed by atoms with van der Waals surface area (Å²) < 4.78 is 13.8. The van der Waals surface area contributed by atoms with Crippen molar-refractivity contribution < 1.29 is 13.6 Å². The van der Waals surface area contributed by atoms with Crippen molar-refractivity contribution in [2.45, 2.75) is 85.2 Å². The molecule has 1 fully saturated rings. The average Bonchev–Trinajstić information content (AvgIpc) is 3.29. The Labute approximate surface area is 315 Å². The predicted molar refractivity (Wildman–Crippen MR) is 218 cm³/mol. The third-order valence-corrected chi connectivity index (χ3v) is 14.1. The first kappa shape index (κ1) is 31.5. The molecule has 0 N–H and O–H groups in total. The van der Waals surface area contributed by atoms with Crippen molar-refractivity contribution in [2.75, 3.05) is 0 Å². The summed E-state index contributed by atoms with van der Waals surface area (Å²) in [5, 5.41) is 3.66.